The fraction of sp³-hybridized carbons (Fsp3) is 0.727. The predicted octanol–water partition coefficient (Wildman–Crippen LogP) is -0.105. The number of nitrogens with one attached hydrogen (secondary N) is 2. The zero-order valence-electron chi connectivity index (χ0n) is 10.1. The van der Waals surface area contributed by atoms with Crippen LogP contribution in [0.5, 0.6) is 0 Å². The second-order valence-electron chi connectivity index (χ2n) is 4.25. The largest absolute Gasteiger partial charge is 0.345 e. The molecule has 0 heterocycles. The molecule has 0 aliphatic heterocycles. The Labute approximate surface area is 96.0 Å². The average Bonchev–Trinajstić information content (AvgIpc) is 2.15. The molecule has 1 amide bonds. The molecule has 5 nitrogen and oxygen atoms in total. The van der Waals surface area contributed by atoms with Crippen LogP contribution in [0, 0.1) is 5.92 Å². The maximum absolute atomic E-state index is 11.3. The minimum Gasteiger partial charge on any atom is -0.345 e. The number of rotatable bonds is 8. The lowest BCUT2D eigenvalue weighted by Crippen LogP contribution is -2.42. The van der Waals surface area contributed by atoms with Gasteiger partial charge >= 0.3 is 0 Å². The molecule has 0 aliphatic carbocycles. The highest BCUT2D eigenvalue weighted by Gasteiger charge is 2.12. The van der Waals surface area contributed by atoms with Crippen LogP contribution in [-0.2, 0) is 14.4 Å². The molecule has 16 heavy (non-hydrogen) atoms. The first-order valence-corrected chi connectivity index (χ1v) is 5.40. The minimum absolute atomic E-state index is 0.0260. The molecule has 0 spiro atoms. The quantitative estimate of drug-likeness (QED) is 0.569. The SMILES string of the molecule is CC(=O)CNCC(=O)N[C@H](C=O)CC(C)C. The summed E-state index contributed by atoms with van der Waals surface area (Å²) in [6.07, 6.45) is 1.37. The number of amides is 1. The van der Waals surface area contributed by atoms with Crippen molar-refractivity contribution in [3.8, 4) is 0 Å². The third-order valence-electron chi connectivity index (χ3n) is 1.90. The van der Waals surface area contributed by atoms with Crippen molar-refractivity contribution in [3.05, 3.63) is 0 Å². The Bertz CT molecular complexity index is 252. The van der Waals surface area contributed by atoms with Gasteiger partial charge in [-0.25, -0.2) is 0 Å². The first-order chi connectivity index (χ1) is 7.45. The third kappa shape index (κ3) is 8.11. The molecule has 0 fully saturated rings. The number of ketones is 1. The summed E-state index contributed by atoms with van der Waals surface area (Å²) in [7, 11) is 0. The summed E-state index contributed by atoms with van der Waals surface area (Å²) in [6, 6.07) is -0.438. The lowest BCUT2D eigenvalue weighted by Gasteiger charge is -2.14. The summed E-state index contributed by atoms with van der Waals surface area (Å²) in [4.78, 5) is 32.6. The van der Waals surface area contributed by atoms with E-state index in [0.717, 1.165) is 6.29 Å². The van der Waals surface area contributed by atoms with Gasteiger partial charge in [0.25, 0.3) is 0 Å². The standard InChI is InChI=1S/C11H20N2O3/c1-8(2)4-10(7-14)13-11(16)6-12-5-9(3)15/h7-8,10,12H,4-6H2,1-3H3,(H,13,16)/t10-/m0/s1. The second kappa shape index (κ2) is 7.98. The number of hydrogen-bond acceptors (Lipinski definition) is 4. The normalized spacial score (nSPS) is 12.2. The summed E-state index contributed by atoms with van der Waals surface area (Å²) < 4.78 is 0. The Kier molecular flexibility index (Phi) is 7.37. The van der Waals surface area contributed by atoms with Gasteiger partial charge in [-0.3, -0.25) is 9.59 Å². The monoisotopic (exact) mass is 228 g/mol. The first-order valence-electron chi connectivity index (χ1n) is 5.40. The van der Waals surface area contributed by atoms with Crippen LogP contribution in [0.25, 0.3) is 0 Å². The molecular weight excluding hydrogens is 208 g/mol. The molecule has 0 aromatic heterocycles. The first kappa shape index (κ1) is 14.8. The molecule has 0 radical (unpaired) electrons. The Morgan fingerprint density at radius 2 is 1.88 bits per heavy atom. The Hall–Kier alpha value is -1.23. The molecule has 5 heteroatoms. The van der Waals surface area contributed by atoms with Crippen LogP contribution < -0.4 is 10.6 Å². The zero-order chi connectivity index (χ0) is 12.6. The van der Waals surface area contributed by atoms with Crippen LogP contribution in [0.2, 0.25) is 0 Å². The van der Waals surface area contributed by atoms with E-state index in [-0.39, 0.29) is 24.8 Å². The molecule has 0 saturated carbocycles. The Morgan fingerprint density at radius 3 is 2.31 bits per heavy atom. The van der Waals surface area contributed by atoms with Crippen LogP contribution in [0.15, 0.2) is 0 Å². The average molecular weight is 228 g/mol. The highest BCUT2D eigenvalue weighted by atomic mass is 16.2. The molecule has 0 rings (SSSR count). The number of carbonyl (C=O) groups is 3. The van der Waals surface area contributed by atoms with Crippen molar-refractivity contribution in [2.24, 2.45) is 5.92 Å². The van der Waals surface area contributed by atoms with E-state index in [2.05, 4.69) is 10.6 Å². The van der Waals surface area contributed by atoms with Crippen molar-refractivity contribution in [1.29, 1.82) is 0 Å². The molecule has 2 N–H and O–H groups in total. The van der Waals surface area contributed by atoms with E-state index in [0.29, 0.717) is 12.3 Å². The molecule has 92 valence electrons. The summed E-state index contributed by atoms with van der Waals surface area (Å²) >= 11 is 0. The van der Waals surface area contributed by atoms with Crippen LogP contribution in [0.1, 0.15) is 27.2 Å². The zero-order valence-corrected chi connectivity index (χ0v) is 10.1. The molecule has 0 aromatic rings. The third-order valence-corrected chi connectivity index (χ3v) is 1.90. The molecule has 0 unspecified atom stereocenters. The molecule has 0 saturated heterocycles. The maximum atomic E-state index is 11.3. The van der Waals surface area contributed by atoms with Crippen molar-refractivity contribution in [2.45, 2.75) is 33.2 Å². The predicted molar refractivity (Wildman–Crippen MR) is 61.0 cm³/mol. The molecular formula is C11H20N2O3. The molecule has 1 atom stereocenters. The van der Waals surface area contributed by atoms with Crippen LogP contribution in [0.3, 0.4) is 0 Å². The van der Waals surface area contributed by atoms with E-state index in [9.17, 15) is 14.4 Å². The van der Waals surface area contributed by atoms with Crippen molar-refractivity contribution < 1.29 is 14.4 Å². The van der Waals surface area contributed by atoms with Crippen molar-refractivity contribution >= 4 is 18.0 Å². The fourth-order valence-corrected chi connectivity index (χ4v) is 1.27. The summed E-state index contributed by atoms with van der Waals surface area (Å²) in [5, 5.41) is 5.28. The molecule has 0 aromatic carbocycles. The molecule has 0 aliphatic rings. The van der Waals surface area contributed by atoms with Gasteiger partial charge in [-0.05, 0) is 19.3 Å². The second-order valence-corrected chi connectivity index (χ2v) is 4.25. The van der Waals surface area contributed by atoms with E-state index < -0.39 is 6.04 Å². The number of aldehydes is 1. The van der Waals surface area contributed by atoms with Crippen LogP contribution >= 0.6 is 0 Å². The van der Waals surface area contributed by atoms with Crippen molar-refractivity contribution in [3.63, 3.8) is 0 Å². The van der Waals surface area contributed by atoms with Crippen LogP contribution in [-0.4, -0.2) is 37.1 Å². The molecule has 0 bridgehead atoms. The van der Waals surface area contributed by atoms with Crippen LogP contribution in [0.4, 0.5) is 0 Å². The lowest BCUT2D eigenvalue weighted by atomic mass is 10.1. The van der Waals surface area contributed by atoms with Gasteiger partial charge in [0.15, 0.2) is 0 Å². The van der Waals surface area contributed by atoms with E-state index in [4.69, 9.17) is 0 Å². The number of Topliss-reactive ketones (excluding diaryl/α,β-unsaturated/α-hetero) is 1. The van der Waals surface area contributed by atoms with Gasteiger partial charge < -0.3 is 15.4 Å². The summed E-state index contributed by atoms with van der Waals surface area (Å²) in [5.41, 5.74) is 0. The highest BCUT2D eigenvalue weighted by Crippen LogP contribution is 2.02. The van der Waals surface area contributed by atoms with Gasteiger partial charge in [-0.1, -0.05) is 13.8 Å². The number of hydrogen-bond donors (Lipinski definition) is 2. The Morgan fingerprint density at radius 1 is 1.25 bits per heavy atom. The van der Waals surface area contributed by atoms with Gasteiger partial charge in [0.1, 0.15) is 12.1 Å². The van der Waals surface area contributed by atoms with Gasteiger partial charge in [0.2, 0.25) is 5.91 Å². The fourth-order valence-electron chi connectivity index (χ4n) is 1.27. The summed E-state index contributed by atoms with van der Waals surface area (Å²) in [6.45, 7) is 5.64. The topological polar surface area (TPSA) is 75.3 Å². The lowest BCUT2D eigenvalue weighted by molar-refractivity contribution is -0.123. The van der Waals surface area contributed by atoms with E-state index in [1.165, 1.54) is 6.92 Å². The van der Waals surface area contributed by atoms with E-state index >= 15 is 0 Å². The van der Waals surface area contributed by atoms with Crippen molar-refractivity contribution in [1.82, 2.24) is 10.6 Å². The highest BCUT2D eigenvalue weighted by molar-refractivity contribution is 5.82. The van der Waals surface area contributed by atoms with Gasteiger partial charge in [-0.15, -0.1) is 0 Å². The maximum Gasteiger partial charge on any atom is 0.234 e. The Balaban J connectivity index is 3.82. The minimum atomic E-state index is -0.438. The van der Waals surface area contributed by atoms with Gasteiger partial charge in [0.05, 0.1) is 19.1 Å². The van der Waals surface area contributed by atoms with Gasteiger partial charge in [0, 0.05) is 0 Å². The van der Waals surface area contributed by atoms with E-state index in [1.807, 2.05) is 13.8 Å². The van der Waals surface area contributed by atoms with Gasteiger partial charge in [-0.2, -0.15) is 0 Å². The summed E-state index contributed by atoms with van der Waals surface area (Å²) in [5.74, 6) is 0.0570. The van der Waals surface area contributed by atoms with Crippen molar-refractivity contribution in [2.75, 3.05) is 13.1 Å². The number of carbonyl (C=O) groups excluding carboxylic acids is 3. The van der Waals surface area contributed by atoms with E-state index in [1.54, 1.807) is 0 Å². The smallest absolute Gasteiger partial charge is 0.234 e.